The fraction of sp³-hybridized carbons (Fsp3) is 1.00. The molecule has 116 valence electrons. The average Bonchev–Trinajstić information content (AvgIpc) is 2.34. The van der Waals surface area contributed by atoms with Crippen LogP contribution < -0.4 is 0 Å². The molecule has 2 heteroatoms. The lowest BCUT2D eigenvalue weighted by molar-refractivity contribution is -0.873. The van der Waals surface area contributed by atoms with Crippen molar-refractivity contribution in [1.82, 2.24) is 0 Å². The zero-order valence-corrected chi connectivity index (χ0v) is 14.2. The molecule has 19 heavy (non-hydrogen) atoms. The van der Waals surface area contributed by atoms with Crippen LogP contribution in [0.15, 0.2) is 0 Å². The Bertz CT molecular complexity index is 186. The number of hydrogen-bond donors (Lipinski definition) is 0. The van der Waals surface area contributed by atoms with Crippen LogP contribution in [0.3, 0.4) is 0 Å². The van der Waals surface area contributed by atoms with Gasteiger partial charge in [0.05, 0.1) is 21.1 Å². The molecule has 2 nitrogen and oxygen atoms in total. The topological polar surface area (TPSA) is 9.23 Å². The highest BCUT2D eigenvalue weighted by molar-refractivity contribution is 4.57. The van der Waals surface area contributed by atoms with E-state index < -0.39 is 0 Å². The second-order valence-corrected chi connectivity index (χ2v) is 6.95. The van der Waals surface area contributed by atoms with Crippen molar-refractivity contribution in [2.24, 2.45) is 0 Å². The van der Waals surface area contributed by atoms with Gasteiger partial charge in [0.2, 0.25) is 0 Å². The normalized spacial score (nSPS) is 13.7. The van der Waals surface area contributed by atoms with Gasteiger partial charge in [-0.1, -0.05) is 64.7 Å². The molecule has 0 aromatic heterocycles. The molecule has 0 aliphatic rings. The van der Waals surface area contributed by atoms with Gasteiger partial charge in [-0.2, -0.15) is 0 Å². The highest BCUT2D eigenvalue weighted by Gasteiger charge is 2.16. The first kappa shape index (κ1) is 18.9. The van der Waals surface area contributed by atoms with E-state index in [0.29, 0.717) is 6.10 Å². The summed E-state index contributed by atoms with van der Waals surface area (Å²) < 4.78 is 6.58. The maximum atomic E-state index is 5.58. The SMILES string of the molecule is CCCCCCCCCCCC(C[N+](C)(C)C)OC. The first-order valence-electron chi connectivity index (χ1n) is 8.33. The molecule has 0 N–H and O–H groups in total. The van der Waals surface area contributed by atoms with Crippen LogP contribution in [0.4, 0.5) is 0 Å². The Morgan fingerprint density at radius 3 is 1.68 bits per heavy atom. The van der Waals surface area contributed by atoms with Gasteiger partial charge in [0.1, 0.15) is 12.6 Å². The van der Waals surface area contributed by atoms with E-state index in [0.717, 1.165) is 11.0 Å². The smallest absolute Gasteiger partial charge is 0.106 e. The molecular weight excluding hydrogens is 234 g/mol. The number of ether oxygens (including phenoxy) is 1. The van der Waals surface area contributed by atoms with Crippen LogP contribution in [-0.4, -0.2) is 45.4 Å². The fourth-order valence-electron chi connectivity index (χ4n) is 2.58. The minimum atomic E-state index is 0.435. The quantitative estimate of drug-likeness (QED) is 0.351. The van der Waals surface area contributed by atoms with Gasteiger partial charge in [-0.15, -0.1) is 0 Å². The molecule has 0 aromatic rings. The van der Waals surface area contributed by atoms with Crippen molar-refractivity contribution in [2.45, 2.75) is 77.2 Å². The van der Waals surface area contributed by atoms with Gasteiger partial charge in [-0.3, -0.25) is 0 Å². The van der Waals surface area contributed by atoms with Crippen molar-refractivity contribution in [1.29, 1.82) is 0 Å². The molecule has 0 heterocycles. The van der Waals surface area contributed by atoms with E-state index in [9.17, 15) is 0 Å². The Hall–Kier alpha value is -0.0800. The summed E-state index contributed by atoms with van der Waals surface area (Å²) in [6.07, 6.45) is 14.3. The number of methoxy groups -OCH3 is 1. The largest absolute Gasteiger partial charge is 0.376 e. The van der Waals surface area contributed by atoms with E-state index in [1.807, 2.05) is 7.11 Å². The zero-order valence-electron chi connectivity index (χ0n) is 14.2. The van der Waals surface area contributed by atoms with Crippen molar-refractivity contribution in [2.75, 3.05) is 34.8 Å². The lowest BCUT2D eigenvalue weighted by atomic mass is 10.0. The summed E-state index contributed by atoms with van der Waals surface area (Å²) in [6.45, 7) is 3.40. The molecule has 0 rings (SSSR count). The van der Waals surface area contributed by atoms with Crippen LogP contribution in [-0.2, 0) is 4.74 Å². The Morgan fingerprint density at radius 1 is 0.789 bits per heavy atom. The van der Waals surface area contributed by atoms with Crippen molar-refractivity contribution in [3.05, 3.63) is 0 Å². The first-order chi connectivity index (χ1) is 8.99. The number of unbranched alkanes of at least 4 members (excludes halogenated alkanes) is 8. The Morgan fingerprint density at radius 2 is 1.26 bits per heavy atom. The number of quaternary nitrogens is 1. The van der Waals surface area contributed by atoms with Crippen LogP contribution in [0.5, 0.6) is 0 Å². The molecule has 1 atom stereocenters. The number of nitrogens with zero attached hydrogens (tertiary/aromatic N) is 1. The minimum Gasteiger partial charge on any atom is -0.376 e. The van der Waals surface area contributed by atoms with Gasteiger partial charge < -0.3 is 9.22 Å². The molecule has 0 aliphatic heterocycles. The molecule has 0 radical (unpaired) electrons. The Balaban J connectivity index is 3.36. The molecule has 0 saturated heterocycles. The van der Waals surface area contributed by atoms with E-state index in [-0.39, 0.29) is 0 Å². The summed E-state index contributed by atoms with van der Waals surface area (Å²) in [4.78, 5) is 0. The van der Waals surface area contributed by atoms with Crippen LogP contribution in [0.25, 0.3) is 0 Å². The monoisotopic (exact) mass is 272 g/mol. The summed E-state index contributed by atoms with van der Waals surface area (Å²) in [6, 6.07) is 0. The average molecular weight is 272 g/mol. The minimum absolute atomic E-state index is 0.435. The van der Waals surface area contributed by atoms with E-state index in [2.05, 4.69) is 28.1 Å². The van der Waals surface area contributed by atoms with Crippen molar-refractivity contribution in [3.63, 3.8) is 0 Å². The van der Waals surface area contributed by atoms with Gasteiger partial charge in [-0.25, -0.2) is 0 Å². The lowest BCUT2D eigenvalue weighted by Crippen LogP contribution is -2.42. The van der Waals surface area contributed by atoms with Gasteiger partial charge in [0.15, 0.2) is 0 Å². The molecule has 0 amide bonds. The number of likely N-dealkylation sites (N-methyl/N-ethyl adjacent to an activating group) is 1. The molecule has 1 unspecified atom stereocenters. The van der Waals surface area contributed by atoms with Crippen molar-refractivity contribution in [3.8, 4) is 0 Å². The van der Waals surface area contributed by atoms with Gasteiger partial charge in [-0.05, 0) is 6.42 Å². The summed E-state index contributed by atoms with van der Waals surface area (Å²) in [5.74, 6) is 0. The van der Waals surface area contributed by atoms with E-state index in [1.54, 1.807) is 0 Å². The summed E-state index contributed by atoms with van der Waals surface area (Å²) in [5, 5.41) is 0. The second kappa shape index (κ2) is 11.7. The molecule has 0 fully saturated rings. The van der Waals surface area contributed by atoms with Gasteiger partial charge >= 0.3 is 0 Å². The van der Waals surface area contributed by atoms with Gasteiger partial charge in [0, 0.05) is 7.11 Å². The van der Waals surface area contributed by atoms with Crippen molar-refractivity contribution >= 4 is 0 Å². The van der Waals surface area contributed by atoms with Crippen LogP contribution in [0, 0.1) is 0 Å². The number of hydrogen-bond acceptors (Lipinski definition) is 1. The summed E-state index contributed by atoms with van der Waals surface area (Å²) in [5.41, 5.74) is 0. The second-order valence-electron chi connectivity index (χ2n) is 6.95. The predicted molar refractivity (Wildman–Crippen MR) is 85.5 cm³/mol. The molecule has 0 aliphatic carbocycles. The molecule has 0 spiro atoms. The van der Waals surface area contributed by atoms with Crippen LogP contribution >= 0.6 is 0 Å². The highest BCUT2D eigenvalue weighted by atomic mass is 16.5. The molecule has 0 bridgehead atoms. The van der Waals surface area contributed by atoms with Crippen LogP contribution in [0.1, 0.15) is 71.1 Å². The molecule has 0 saturated carbocycles. The zero-order chi connectivity index (χ0) is 14.6. The molecule has 0 aromatic carbocycles. The maximum absolute atomic E-state index is 5.58. The molecular formula is C17H38NO+. The van der Waals surface area contributed by atoms with Crippen LogP contribution in [0.2, 0.25) is 0 Å². The third-order valence-electron chi connectivity index (χ3n) is 3.71. The summed E-state index contributed by atoms with van der Waals surface area (Å²) >= 11 is 0. The lowest BCUT2D eigenvalue weighted by Gasteiger charge is -2.28. The van der Waals surface area contributed by atoms with E-state index in [4.69, 9.17) is 4.74 Å². The maximum Gasteiger partial charge on any atom is 0.106 e. The van der Waals surface area contributed by atoms with E-state index >= 15 is 0 Å². The van der Waals surface area contributed by atoms with Crippen molar-refractivity contribution < 1.29 is 9.22 Å². The first-order valence-corrected chi connectivity index (χ1v) is 8.33. The summed E-state index contributed by atoms with van der Waals surface area (Å²) in [7, 11) is 8.57. The fourth-order valence-corrected chi connectivity index (χ4v) is 2.58. The Kier molecular flexibility index (Phi) is 11.7. The van der Waals surface area contributed by atoms with E-state index in [1.165, 1.54) is 64.2 Å². The standard InChI is InChI=1S/C17H38NO/c1-6-7-8-9-10-11-12-13-14-15-17(19-5)16-18(2,3)4/h17H,6-16H2,1-5H3/q+1. The third-order valence-corrected chi connectivity index (χ3v) is 3.71. The van der Waals surface area contributed by atoms with Gasteiger partial charge in [0.25, 0.3) is 0 Å². The third kappa shape index (κ3) is 14.1. The Labute approximate surface area is 122 Å². The highest BCUT2D eigenvalue weighted by Crippen LogP contribution is 2.13. The predicted octanol–water partition coefficient (Wildman–Crippen LogP) is 4.63. The number of rotatable bonds is 13.